The number of hydrogen-bond donors (Lipinski definition) is 1. The highest BCUT2D eigenvalue weighted by atomic mass is 14.9. The average Bonchev–Trinajstić information content (AvgIpc) is 2.41. The second-order valence-corrected chi connectivity index (χ2v) is 6.99. The molecule has 1 heteroatoms. The summed E-state index contributed by atoms with van der Waals surface area (Å²) < 4.78 is 0. The summed E-state index contributed by atoms with van der Waals surface area (Å²) in [5, 5.41) is 3.80. The maximum Gasteiger partial charge on any atom is 0.00698 e. The smallest absolute Gasteiger partial charge is 0.00698 e. The third kappa shape index (κ3) is 4.94. The van der Waals surface area contributed by atoms with Crippen molar-refractivity contribution in [2.24, 2.45) is 11.8 Å². The highest BCUT2D eigenvalue weighted by molar-refractivity contribution is 5.25. The van der Waals surface area contributed by atoms with Crippen molar-refractivity contribution in [2.45, 2.75) is 65.3 Å². The number of aryl methyl sites for hydroxylation is 1. The van der Waals surface area contributed by atoms with Crippen LogP contribution in [0.25, 0.3) is 0 Å². The third-order valence-corrected chi connectivity index (χ3v) is 4.68. The summed E-state index contributed by atoms with van der Waals surface area (Å²) in [6.45, 7) is 8.06. The fourth-order valence-electron chi connectivity index (χ4n) is 3.66. The summed E-state index contributed by atoms with van der Waals surface area (Å²) in [7, 11) is 0. The first-order valence-electron chi connectivity index (χ1n) is 8.43. The van der Waals surface area contributed by atoms with E-state index in [2.05, 4.69) is 50.4 Å². The minimum atomic E-state index is 0.761. The average molecular weight is 273 g/mol. The molecule has 1 nitrogen and oxygen atoms in total. The summed E-state index contributed by atoms with van der Waals surface area (Å²) in [6.07, 6.45) is 8.22. The summed E-state index contributed by atoms with van der Waals surface area (Å²) in [5.74, 6) is 1.81. The number of benzene rings is 1. The lowest BCUT2D eigenvalue weighted by Gasteiger charge is -2.31. The second-order valence-electron chi connectivity index (χ2n) is 6.99. The van der Waals surface area contributed by atoms with Gasteiger partial charge in [-0.1, -0.05) is 51.0 Å². The van der Waals surface area contributed by atoms with Crippen molar-refractivity contribution >= 4 is 0 Å². The van der Waals surface area contributed by atoms with Gasteiger partial charge < -0.3 is 5.32 Å². The Hall–Kier alpha value is -0.820. The van der Waals surface area contributed by atoms with Crippen molar-refractivity contribution < 1.29 is 0 Å². The molecule has 1 N–H and O–H groups in total. The molecule has 2 atom stereocenters. The summed E-state index contributed by atoms with van der Waals surface area (Å²) in [4.78, 5) is 0. The molecule has 20 heavy (non-hydrogen) atoms. The van der Waals surface area contributed by atoms with Gasteiger partial charge in [0.1, 0.15) is 0 Å². The Morgan fingerprint density at radius 3 is 2.75 bits per heavy atom. The highest BCUT2D eigenvalue weighted by Crippen LogP contribution is 2.29. The van der Waals surface area contributed by atoms with Gasteiger partial charge in [0.25, 0.3) is 0 Å². The second kappa shape index (κ2) is 7.83. The van der Waals surface area contributed by atoms with E-state index in [1.807, 2.05) is 0 Å². The summed E-state index contributed by atoms with van der Waals surface area (Å²) >= 11 is 0. The van der Waals surface area contributed by atoms with Gasteiger partial charge in [0.05, 0.1) is 0 Å². The van der Waals surface area contributed by atoms with Crippen LogP contribution in [0, 0.1) is 18.8 Å². The molecule has 0 amide bonds. The van der Waals surface area contributed by atoms with E-state index in [-0.39, 0.29) is 0 Å². The molecule has 1 aliphatic carbocycles. The minimum Gasteiger partial charge on any atom is -0.314 e. The SMILES string of the molecule is Cc1ccccc1CCNC1CCCC(CC(C)C)C1. The van der Waals surface area contributed by atoms with Crippen LogP contribution in [0.15, 0.2) is 24.3 Å². The number of rotatable bonds is 6. The van der Waals surface area contributed by atoms with Crippen LogP contribution in [0.3, 0.4) is 0 Å². The van der Waals surface area contributed by atoms with E-state index in [4.69, 9.17) is 0 Å². The summed E-state index contributed by atoms with van der Waals surface area (Å²) in [5.41, 5.74) is 2.92. The van der Waals surface area contributed by atoms with E-state index < -0.39 is 0 Å². The molecule has 2 unspecified atom stereocenters. The molecule has 1 aromatic rings. The molecule has 0 aromatic heterocycles. The Bertz CT molecular complexity index is 397. The molecule has 1 saturated carbocycles. The quantitative estimate of drug-likeness (QED) is 0.790. The maximum atomic E-state index is 3.80. The maximum absolute atomic E-state index is 3.80. The van der Waals surface area contributed by atoms with Crippen molar-refractivity contribution in [3.63, 3.8) is 0 Å². The molecule has 2 rings (SSSR count). The molecule has 0 bridgehead atoms. The predicted octanol–water partition coefficient (Wildman–Crippen LogP) is 4.73. The Morgan fingerprint density at radius 1 is 1.20 bits per heavy atom. The Kier molecular flexibility index (Phi) is 6.09. The van der Waals surface area contributed by atoms with Crippen molar-refractivity contribution in [2.75, 3.05) is 6.54 Å². The Labute approximate surface area is 125 Å². The molecule has 1 aromatic carbocycles. The fourth-order valence-corrected chi connectivity index (χ4v) is 3.66. The summed E-state index contributed by atoms with van der Waals surface area (Å²) in [6, 6.07) is 9.52. The monoisotopic (exact) mass is 273 g/mol. The van der Waals surface area contributed by atoms with Gasteiger partial charge in [-0.15, -0.1) is 0 Å². The lowest BCUT2D eigenvalue weighted by Crippen LogP contribution is -2.35. The number of hydrogen-bond acceptors (Lipinski definition) is 1. The van der Waals surface area contributed by atoms with Gasteiger partial charge in [-0.25, -0.2) is 0 Å². The normalized spacial score (nSPS) is 23.2. The van der Waals surface area contributed by atoms with Crippen LogP contribution in [0.4, 0.5) is 0 Å². The van der Waals surface area contributed by atoms with Crippen molar-refractivity contribution in [3.05, 3.63) is 35.4 Å². The van der Waals surface area contributed by atoms with Crippen LogP contribution in [0.1, 0.15) is 57.1 Å². The molecular weight excluding hydrogens is 242 g/mol. The predicted molar refractivity (Wildman–Crippen MR) is 88.1 cm³/mol. The molecule has 0 spiro atoms. The highest BCUT2D eigenvalue weighted by Gasteiger charge is 2.21. The molecular formula is C19H31N. The zero-order valence-corrected chi connectivity index (χ0v) is 13.5. The minimum absolute atomic E-state index is 0.761. The van der Waals surface area contributed by atoms with E-state index in [1.54, 1.807) is 0 Å². The molecule has 0 radical (unpaired) electrons. The largest absolute Gasteiger partial charge is 0.314 e. The molecule has 1 fully saturated rings. The standard InChI is InChI=1S/C19H31N/c1-15(2)13-17-8-6-10-19(14-17)20-12-11-18-9-5-4-7-16(18)3/h4-5,7,9,15,17,19-20H,6,8,10-14H2,1-3H3. The van der Waals surface area contributed by atoms with E-state index in [0.29, 0.717) is 0 Å². The van der Waals surface area contributed by atoms with Gasteiger partial charge >= 0.3 is 0 Å². The molecule has 1 aliphatic rings. The van der Waals surface area contributed by atoms with E-state index in [1.165, 1.54) is 43.2 Å². The number of nitrogens with one attached hydrogen (secondary N) is 1. The van der Waals surface area contributed by atoms with Crippen LogP contribution >= 0.6 is 0 Å². The van der Waals surface area contributed by atoms with Crippen LogP contribution in [-0.4, -0.2) is 12.6 Å². The first-order valence-corrected chi connectivity index (χ1v) is 8.43. The zero-order chi connectivity index (χ0) is 14.4. The van der Waals surface area contributed by atoms with Crippen LogP contribution in [-0.2, 0) is 6.42 Å². The topological polar surface area (TPSA) is 12.0 Å². The Morgan fingerprint density at radius 2 is 2.00 bits per heavy atom. The lowest BCUT2D eigenvalue weighted by molar-refractivity contribution is 0.253. The van der Waals surface area contributed by atoms with Crippen molar-refractivity contribution in [1.82, 2.24) is 5.32 Å². The lowest BCUT2D eigenvalue weighted by atomic mass is 9.81. The van der Waals surface area contributed by atoms with E-state index in [9.17, 15) is 0 Å². The van der Waals surface area contributed by atoms with Gasteiger partial charge in [0, 0.05) is 6.04 Å². The molecule has 0 saturated heterocycles. The Balaban J connectivity index is 1.72. The van der Waals surface area contributed by atoms with E-state index in [0.717, 1.165) is 30.8 Å². The van der Waals surface area contributed by atoms with Crippen LogP contribution in [0.2, 0.25) is 0 Å². The van der Waals surface area contributed by atoms with Gasteiger partial charge in [-0.3, -0.25) is 0 Å². The third-order valence-electron chi connectivity index (χ3n) is 4.68. The molecule has 0 heterocycles. The molecule has 112 valence electrons. The van der Waals surface area contributed by atoms with Gasteiger partial charge in [-0.05, 0) is 62.1 Å². The first kappa shape index (κ1) is 15.6. The van der Waals surface area contributed by atoms with Gasteiger partial charge in [0.15, 0.2) is 0 Å². The van der Waals surface area contributed by atoms with E-state index >= 15 is 0 Å². The van der Waals surface area contributed by atoms with Crippen LogP contribution in [0.5, 0.6) is 0 Å². The zero-order valence-electron chi connectivity index (χ0n) is 13.5. The first-order chi connectivity index (χ1) is 9.65. The van der Waals surface area contributed by atoms with Gasteiger partial charge in [0.2, 0.25) is 0 Å². The van der Waals surface area contributed by atoms with Crippen molar-refractivity contribution in [1.29, 1.82) is 0 Å². The molecule has 0 aliphatic heterocycles. The van der Waals surface area contributed by atoms with Gasteiger partial charge in [-0.2, -0.15) is 0 Å². The fraction of sp³-hybridized carbons (Fsp3) is 0.684. The van der Waals surface area contributed by atoms with Crippen molar-refractivity contribution in [3.8, 4) is 0 Å². The van der Waals surface area contributed by atoms with Crippen LogP contribution < -0.4 is 5.32 Å².